The topological polar surface area (TPSA) is 33.1 Å². The first kappa shape index (κ1) is 27.1. The fourth-order valence-corrected chi connectivity index (χ4v) is 2.52. The third-order valence-electron chi connectivity index (χ3n) is 3.83. The molecule has 0 amide bonds. The number of ether oxygens (including phenoxy) is 1. The molecule has 27 heavy (non-hydrogen) atoms. The first-order chi connectivity index (χ1) is 13.2. The Kier molecular flexibility index (Phi) is 17.4. The van der Waals surface area contributed by atoms with Crippen LogP contribution >= 0.6 is 0 Å². The predicted octanol–water partition coefficient (Wildman–Crippen LogP) is 7.97. The molecular weight excluding hydrogens is 330 g/mol. The summed E-state index contributed by atoms with van der Waals surface area (Å²) in [5.74, 6) is 1.28. The Balaban J connectivity index is 0. The van der Waals surface area contributed by atoms with Crippen molar-refractivity contribution in [1.82, 2.24) is 0 Å². The van der Waals surface area contributed by atoms with E-state index in [-0.39, 0.29) is 0 Å². The van der Waals surface area contributed by atoms with Crippen LogP contribution in [0.5, 0.6) is 5.75 Å². The van der Waals surface area contributed by atoms with Crippen LogP contribution in [0.1, 0.15) is 66.0 Å². The number of methoxy groups -OCH3 is 1. The lowest BCUT2D eigenvalue weighted by molar-refractivity contribution is 0.413. The highest BCUT2D eigenvalue weighted by molar-refractivity contribution is 5.72. The molecule has 152 valence electrons. The second-order valence-corrected chi connectivity index (χ2v) is 5.54. The SMILES string of the molecule is CC.CC.CC.COc1c(C)cccc1-c1cccc(CCC(C)C=N)c1. The molecule has 0 aliphatic rings. The largest absolute Gasteiger partial charge is 0.496 e. The van der Waals surface area contributed by atoms with Crippen LogP contribution in [-0.4, -0.2) is 13.3 Å². The minimum atomic E-state index is 0.335. The molecule has 0 spiro atoms. The lowest BCUT2D eigenvalue weighted by Crippen LogP contribution is -1.98. The zero-order chi connectivity index (χ0) is 21.2. The van der Waals surface area contributed by atoms with Crippen molar-refractivity contribution in [2.75, 3.05) is 7.11 Å². The first-order valence-corrected chi connectivity index (χ1v) is 10.4. The molecule has 0 aliphatic heterocycles. The summed E-state index contributed by atoms with van der Waals surface area (Å²) in [6.07, 6.45) is 3.53. The third kappa shape index (κ3) is 9.42. The quantitative estimate of drug-likeness (QED) is 0.513. The number of para-hydroxylation sites is 1. The fraction of sp³-hybridized carbons (Fsp3) is 0.480. The van der Waals surface area contributed by atoms with Crippen molar-refractivity contribution in [3.05, 3.63) is 53.6 Å². The Bertz CT molecular complexity index is 619. The summed E-state index contributed by atoms with van der Waals surface area (Å²) in [5.41, 5.74) is 4.79. The molecule has 0 aliphatic carbocycles. The summed E-state index contributed by atoms with van der Waals surface area (Å²) in [4.78, 5) is 0. The van der Waals surface area contributed by atoms with E-state index in [9.17, 15) is 0 Å². The van der Waals surface area contributed by atoms with Crippen LogP contribution in [0.3, 0.4) is 0 Å². The van der Waals surface area contributed by atoms with Crippen molar-refractivity contribution in [3.8, 4) is 16.9 Å². The van der Waals surface area contributed by atoms with Gasteiger partial charge in [0.15, 0.2) is 0 Å². The highest BCUT2D eigenvalue weighted by Gasteiger charge is 2.09. The zero-order valence-electron chi connectivity index (χ0n) is 19.0. The van der Waals surface area contributed by atoms with Gasteiger partial charge in [-0.05, 0) is 48.6 Å². The lowest BCUT2D eigenvalue weighted by atomic mass is 9.96. The highest BCUT2D eigenvalue weighted by atomic mass is 16.5. The monoisotopic (exact) mass is 371 g/mol. The van der Waals surface area contributed by atoms with Crippen LogP contribution in [0.15, 0.2) is 42.5 Å². The summed E-state index contributed by atoms with van der Waals surface area (Å²) in [5, 5.41) is 7.29. The average molecular weight is 372 g/mol. The van der Waals surface area contributed by atoms with Gasteiger partial charge in [-0.15, -0.1) is 0 Å². The van der Waals surface area contributed by atoms with Crippen molar-refractivity contribution >= 4 is 6.21 Å². The summed E-state index contributed by atoms with van der Waals surface area (Å²) >= 11 is 0. The Labute approximate surface area is 168 Å². The van der Waals surface area contributed by atoms with Gasteiger partial charge in [-0.3, -0.25) is 0 Å². The molecule has 0 saturated carbocycles. The van der Waals surface area contributed by atoms with Gasteiger partial charge in [-0.1, -0.05) is 90.9 Å². The third-order valence-corrected chi connectivity index (χ3v) is 3.83. The van der Waals surface area contributed by atoms with E-state index in [1.165, 1.54) is 17.3 Å². The van der Waals surface area contributed by atoms with E-state index in [4.69, 9.17) is 10.1 Å². The molecule has 2 aromatic rings. The lowest BCUT2D eigenvalue weighted by Gasteiger charge is -2.13. The van der Waals surface area contributed by atoms with Crippen molar-refractivity contribution in [2.45, 2.75) is 68.2 Å². The van der Waals surface area contributed by atoms with Gasteiger partial charge in [0.25, 0.3) is 0 Å². The van der Waals surface area contributed by atoms with Crippen LogP contribution in [-0.2, 0) is 6.42 Å². The number of benzene rings is 2. The molecule has 2 aromatic carbocycles. The molecule has 0 aromatic heterocycles. The zero-order valence-corrected chi connectivity index (χ0v) is 19.0. The van der Waals surface area contributed by atoms with Crippen molar-refractivity contribution in [1.29, 1.82) is 5.41 Å². The maximum Gasteiger partial charge on any atom is 0.129 e. The van der Waals surface area contributed by atoms with E-state index in [0.717, 1.165) is 29.7 Å². The number of nitrogens with one attached hydrogen (secondary N) is 1. The number of hydrogen-bond donors (Lipinski definition) is 1. The molecule has 2 heteroatoms. The second-order valence-electron chi connectivity index (χ2n) is 5.54. The van der Waals surface area contributed by atoms with Crippen LogP contribution < -0.4 is 4.74 Å². The molecule has 1 atom stereocenters. The Morgan fingerprint density at radius 3 is 2.11 bits per heavy atom. The first-order valence-electron chi connectivity index (χ1n) is 10.4. The number of rotatable bonds is 6. The molecule has 0 bridgehead atoms. The maximum atomic E-state index is 7.29. The van der Waals surface area contributed by atoms with Crippen LogP contribution in [0.4, 0.5) is 0 Å². The van der Waals surface area contributed by atoms with Gasteiger partial charge in [0.05, 0.1) is 7.11 Å². The average Bonchev–Trinajstić information content (AvgIpc) is 2.76. The molecule has 0 fully saturated rings. The molecular formula is C25H41NO. The fourth-order valence-electron chi connectivity index (χ4n) is 2.52. The minimum Gasteiger partial charge on any atom is -0.496 e. The molecule has 0 saturated heterocycles. The van der Waals surface area contributed by atoms with E-state index in [0.29, 0.717) is 5.92 Å². The Hall–Kier alpha value is -2.09. The minimum absolute atomic E-state index is 0.335. The Morgan fingerprint density at radius 1 is 0.963 bits per heavy atom. The standard InChI is InChI=1S/C19H23NO.3C2H6/c1-14(13-20)10-11-16-7-5-8-17(12-16)18-9-4-6-15(2)19(18)21-3;3*1-2/h4-9,12-14,20H,10-11H2,1-3H3;3*1-2H3. The van der Waals surface area contributed by atoms with Gasteiger partial charge in [0.2, 0.25) is 0 Å². The summed E-state index contributed by atoms with van der Waals surface area (Å²) < 4.78 is 5.56. The van der Waals surface area contributed by atoms with Gasteiger partial charge >= 0.3 is 0 Å². The smallest absolute Gasteiger partial charge is 0.129 e. The number of hydrogen-bond acceptors (Lipinski definition) is 2. The molecule has 0 radical (unpaired) electrons. The van der Waals surface area contributed by atoms with Gasteiger partial charge in [0.1, 0.15) is 5.75 Å². The van der Waals surface area contributed by atoms with Crippen LogP contribution in [0, 0.1) is 18.3 Å². The summed E-state index contributed by atoms with van der Waals surface area (Å²) in [7, 11) is 1.72. The van der Waals surface area contributed by atoms with Crippen LogP contribution in [0.25, 0.3) is 11.1 Å². The maximum absolute atomic E-state index is 7.29. The van der Waals surface area contributed by atoms with Crippen LogP contribution in [0.2, 0.25) is 0 Å². The normalized spacial score (nSPS) is 9.96. The van der Waals surface area contributed by atoms with Crippen molar-refractivity contribution < 1.29 is 4.74 Å². The van der Waals surface area contributed by atoms with E-state index in [1.807, 2.05) is 41.5 Å². The van der Waals surface area contributed by atoms with E-state index in [2.05, 4.69) is 56.3 Å². The van der Waals surface area contributed by atoms with Gasteiger partial charge < -0.3 is 10.1 Å². The molecule has 0 heterocycles. The highest BCUT2D eigenvalue weighted by Crippen LogP contribution is 2.33. The van der Waals surface area contributed by atoms with Crippen molar-refractivity contribution in [2.24, 2.45) is 5.92 Å². The number of aryl methyl sites for hydroxylation is 2. The second kappa shape index (κ2) is 17.3. The molecule has 1 N–H and O–H groups in total. The summed E-state index contributed by atoms with van der Waals surface area (Å²) in [6.45, 7) is 16.2. The van der Waals surface area contributed by atoms with Crippen molar-refractivity contribution in [3.63, 3.8) is 0 Å². The predicted molar refractivity (Wildman–Crippen MR) is 123 cm³/mol. The summed E-state index contributed by atoms with van der Waals surface area (Å²) in [6, 6.07) is 14.8. The molecule has 2 nitrogen and oxygen atoms in total. The van der Waals surface area contributed by atoms with Gasteiger partial charge in [0, 0.05) is 5.56 Å². The van der Waals surface area contributed by atoms with Gasteiger partial charge in [-0.2, -0.15) is 0 Å². The van der Waals surface area contributed by atoms with Gasteiger partial charge in [-0.25, -0.2) is 0 Å². The van der Waals surface area contributed by atoms with E-state index in [1.54, 1.807) is 7.11 Å². The van der Waals surface area contributed by atoms with E-state index >= 15 is 0 Å². The Morgan fingerprint density at radius 2 is 1.56 bits per heavy atom. The van der Waals surface area contributed by atoms with E-state index < -0.39 is 0 Å². The molecule has 2 rings (SSSR count). The molecule has 1 unspecified atom stereocenters.